The van der Waals surface area contributed by atoms with Crippen molar-refractivity contribution < 1.29 is 19.4 Å². The van der Waals surface area contributed by atoms with E-state index in [0.29, 0.717) is 12.3 Å². The Bertz CT molecular complexity index is 303. The smallest absolute Gasteiger partial charge is 0.308 e. The van der Waals surface area contributed by atoms with Crippen LogP contribution in [-0.4, -0.2) is 35.7 Å². The monoisotopic (exact) mass is 257 g/mol. The van der Waals surface area contributed by atoms with Crippen molar-refractivity contribution in [3.05, 3.63) is 0 Å². The first-order valence-electron chi connectivity index (χ1n) is 6.56. The molecular weight excluding hydrogens is 234 g/mol. The molecular formula is C13H23NO4. The Morgan fingerprint density at radius 3 is 2.50 bits per heavy atom. The molecule has 1 fully saturated rings. The molecule has 1 aliphatic rings. The number of rotatable bonds is 6. The second-order valence-electron chi connectivity index (χ2n) is 5.42. The number of carbonyl (C=O) groups excluding carboxylic acids is 1. The zero-order valence-electron chi connectivity index (χ0n) is 11.3. The normalized spacial score (nSPS) is 25.1. The zero-order valence-corrected chi connectivity index (χ0v) is 11.3. The van der Waals surface area contributed by atoms with Crippen LogP contribution in [0.4, 0.5) is 0 Å². The fraction of sp³-hybridized carbons (Fsp3) is 0.846. The van der Waals surface area contributed by atoms with E-state index in [1.807, 2.05) is 20.8 Å². The van der Waals surface area contributed by atoms with Gasteiger partial charge in [-0.25, -0.2) is 0 Å². The molecule has 1 amide bonds. The van der Waals surface area contributed by atoms with Crippen molar-refractivity contribution in [2.45, 2.75) is 52.2 Å². The van der Waals surface area contributed by atoms with Gasteiger partial charge in [-0.05, 0) is 32.1 Å². The third-order valence-corrected chi connectivity index (χ3v) is 3.15. The highest BCUT2D eigenvalue weighted by Crippen LogP contribution is 2.19. The third kappa shape index (κ3) is 4.64. The Labute approximate surface area is 108 Å². The van der Waals surface area contributed by atoms with E-state index >= 15 is 0 Å². The molecule has 0 aromatic rings. The summed E-state index contributed by atoms with van der Waals surface area (Å²) in [5.41, 5.74) is 0. The summed E-state index contributed by atoms with van der Waals surface area (Å²) in [7, 11) is 0. The molecule has 2 N–H and O–H groups in total. The fourth-order valence-corrected chi connectivity index (χ4v) is 2.17. The zero-order chi connectivity index (χ0) is 13.7. The summed E-state index contributed by atoms with van der Waals surface area (Å²) in [5.74, 6) is -1.27. The van der Waals surface area contributed by atoms with Crippen LogP contribution in [0.2, 0.25) is 0 Å². The number of carboxylic acid groups (broad SMARTS) is 1. The molecule has 3 atom stereocenters. The van der Waals surface area contributed by atoms with Crippen LogP contribution in [-0.2, 0) is 14.3 Å². The average molecular weight is 257 g/mol. The van der Waals surface area contributed by atoms with Gasteiger partial charge in [-0.2, -0.15) is 0 Å². The van der Waals surface area contributed by atoms with Crippen molar-refractivity contribution in [2.75, 3.05) is 6.54 Å². The molecule has 1 saturated heterocycles. The van der Waals surface area contributed by atoms with Gasteiger partial charge in [0, 0.05) is 6.54 Å². The molecule has 0 aromatic carbocycles. The van der Waals surface area contributed by atoms with Gasteiger partial charge >= 0.3 is 5.97 Å². The Kier molecular flexibility index (Phi) is 5.59. The predicted octanol–water partition coefficient (Wildman–Crippen LogP) is 1.42. The number of hydrogen-bond acceptors (Lipinski definition) is 3. The van der Waals surface area contributed by atoms with Gasteiger partial charge in [0.15, 0.2) is 0 Å². The van der Waals surface area contributed by atoms with Gasteiger partial charge in [0.25, 0.3) is 0 Å². The van der Waals surface area contributed by atoms with Gasteiger partial charge in [0.05, 0.1) is 12.0 Å². The van der Waals surface area contributed by atoms with Gasteiger partial charge in [-0.3, -0.25) is 9.59 Å². The fourth-order valence-electron chi connectivity index (χ4n) is 2.17. The first-order chi connectivity index (χ1) is 8.40. The van der Waals surface area contributed by atoms with Crippen LogP contribution in [0.1, 0.15) is 40.0 Å². The van der Waals surface area contributed by atoms with E-state index in [1.165, 1.54) is 0 Å². The van der Waals surface area contributed by atoms with Crippen molar-refractivity contribution in [3.63, 3.8) is 0 Å². The third-order valence-electron chi connectivity index (χ3n) is 3.15. The van der Waals surface area contributed by atoms with Crippen LogP contribution in [0.3, 0.4) is 0 Å². The number of ether oxygens (including phenoxy) is 1. The van der Waals surface area contributed by atoms with Crippen molar-refractivity contribution in [1.29, 1.82) is 0 Å². The molecule has 1 heterocycles. The van der Waals surface area contributed by atoms with Crippen LogP contribution in [0.5, 0.6) is 0 Å². The lowest BCUT2D eigenvalue weighted by atomic mass is 9.97. The molecule has 0 aliphatic carbocycles. The molecule has 104 valence electrons. The highest BCUT2D eigenvalue weighted by molar-refractivity contribution is 5.81. The largest absolute Gasteiger partial charge is 0.481 e. The topological polar surface area (TPSA) is 75.6 Å². The number of carbonyl (C=O) groups is 2. The molecule has 0 radical (unpaired) electrons. The first kappa shape index (κ1) is 15.0. The number of aliphatic carboxylic acids is 1. The lowest BCUT2D eigenvalue weighted by molar-refractivity contribution is -0.142. The summed E-state index contributed by atoms with van der Waals surface area (Å²) < 4.78 is 5.44. The van der Waals surface area contributed by atoms with Gasteiger partial charge in [-0.1, -0.05) is 13.8 Å². The van der Waals surface area contributed by atoms with E-state index in [2.05, 4.69) is 5.32 Å². The molecule has 0 bridgehead atoms. The highest BCUT2D eigenvalue weighted by Gasteiger charge is 2.29. The molecule has 0 saturated carbocycles. The van der Waals surface area contributed by atoms with Crippen molar-refractivity contribution in [3.8, 4) is 0 Å². The summed E-state index contributed by atoms with van der Waals surface area (Å²) in [6, 6.07) is 0. The second-order valence-corrected chi connectivity index (χ2v) is 5.42. The molecule has 18 heavy (non-hydrogen) atoms. The molecule has 0 spiro atoms. The predicted molar refractivity (Wildman–Crippen MR) is 67.2 cm³/mol. The highest BCUT2D eigenvalue weighted by atomic mass is 16.5. The average Bonchev–Trinajstić information content (AvgIpc) is 2.69. The minimum absolute atomic E-state index is 0.117. The lowest BCUT2D eigenvalue weighted by Crippen LogP contribution is -2.39. The number of nitrogens with one attached hydrogen (secondary N) is 1. The minimum Gasteiger partial charge on any atom is -0.481 e. The van der Waals surface area contributed by atoms with Crippen LogP contribution in [0.25, 0.3) is 0 Å². The van der Waals surface area contributed by atoms with E-state index in [9.17, 15) is 9.59 Å². The van der Waals surface area contributed by atoms with E-state index in [0.717, 1.165) is 12.8 Å². The molecule has 0 aromatic heterocycles. The van der Waals surface area contributed by atoms with Crippen molar-refractivity contribution in [2.24, 2.45) is 11.8 Å². The molecule has 5 heteroatoms. The van der Waals surface area contributed by atoms with Gasteiger partial charge in [0.1, 0.15) is 6.10 Å². The van der Waals surface area contributed by atoms with Crippen LogP contribution in [0.15, 0.2) is 0 Å². The van der Waals surface area contributed by atoms with Gasteiger partial charge in [-0.15, -0.1) is 0 Å². The maximum Gasteiger partial charge on any atom is 0.308 e. The van der Waals surface area contributed by atoms with Crippen LogP contribution >= 0.6 is 0 Å². The Hall–Kier alpha value is -1.10. The molecule has 0 unspecified atom stereocenters. The van der Waals surface area contributed by atoms with Gasteiger partial charge < -0.3 is 15.2 Å². The number of hydrogen-bond donors (Lipinski definition) is 2. The maximum absolute atomic E-state index is 11.8. The summed E-state index contributed by atoms with van der Waals surface area (Å²) in [4.78, 5) is 22.8. The van der Waals surface area contributed by atoms with E-state index < -0.39 is 18.0 Å². The Morgan fingerprint density at radius 2 is 2.06 bits per heavy atom. The number of carboxylic acids is 1. The van der Waals surface area contributed by atoms with E-state index in [1.54, 1.807) is 0 Å². The van der Waals surface area contributed by atoms with Crippen molar-refractivity contribution in [1.82, 2.24) is 5.32 Å². The summed E-state index contributed by atoms with van der Waals surface area (Å²) in [6.07, 6.45) is 1.87. The minimum atomic E-state index is -0.857. The Morgan fingerprint density at radius 1 is 1.39 bits per heavy atom. The molecule has 1 aliphatic heterocycles. The van der Waals surface area contributed by atoms with Gasteiger partial charge in [0.2, 0.25) is 5.91 Å². The van der Waals surface area contributed by atoms with Crippen molar-refractivity contribution >= 4 is 11.9 Å². The van der Waals surface area contributed by atoms with Crippen LogP contribution in [0, 0.1) is 11.8 Å². The number of amides is 1. The second kappa shape index (κ2) is 6.73. The summed E-state index contributed by atoms with van der Waals surface area (Å²) in [5, 5.41) is 11.7. The van der Waals surface area contributed by atoms with E-state index in [-0.39, 0.29) is 18.6 Å². The molecule has 1 rings (SSSR count). The maximum atomic E-state index is 11.8. The first-order valence-corrected chi connectivity index (χ1v) is 6.56. The quantitative estimate of drug-likeness (QED) is 0.754. The van der Waals surface area contributed by atoms with E-state index in [4.69, 9.17) is 9.84 Å². The lowest BCUT2D eigenvalue weighted by Gasteiger charge is -2.17. The SMILES string of the molecule is CC(C)C[C@H](CNC(=O)[C@@H]1CC[C@H](C)O1)C(=O)O. The molecule has 5 nitrogen and oxygen atoms in total. The summed E-state index contributed by atoms with van der Waals surface area (Å²) in [6.45, 7) is 6.06. The Balaban J connectivity index is 2.37. The summed E-state index contributed by atoms with van der Waals surface area (Å²) >= 11 is 0. The standard InChI is InChI=1S/C13H23NO4/c1-8(2)6-10(13(16)17)7-14-12(15)11-5-4-9(3)18-11/h8-11H,4-7H2,1-3H3,(H,14,15)(H,16,17)/t9-,10+,11-/m0/s1. The van der Waals surface area contributed by atoms with Crippen LogP contribution < -0.4 is 5.32 Å².